The molecule has 2 rings (SSSR count). The normalized spacial score (nSPS) is 23.4. The van der Waals surface area contributed by atoms with E-state index < -0.39 is 5.60 Å². The maximum Gasteiger partial charge on any atom is 0.232 e. The van der Waals surface area contributed by atoms with Gasteiger partial charge in [-0.2, -0.15) is 16.7 Å². The summed E-state index contributed by atoms with van der Waals surface area (Å²) >= 11 is 1.94. The zero-order valence-electron chi connectivity index (χ0n) is 12.8. The van der Waals surface area contributed by atoms with Gasteiger partial charge in [-0.05, 0) is 33.7 Å². The first-order valence-electron chi connectivity index (χ1n) is 7.37. The molecule has 0 bridgehead atoms. The summed E-state index contributed by atoms with van der Waals surface area (Å²) in [5.41, 5.74) is -0.491. The average Bonchev–Trinajstić information content (AvgIpc) is 3.05. The highest BCUT2D eigenvalue weighted by atomic mass is 32.2. The van der Waals surface area contributed by atoms with Crippen molar-refractivity contribution in [2.24, 2.45) is 0 Å². The van der Waals surface area contributed by atoms with Gasteiger partial charge in [0.2, 0.25) is 11.7 Å². The molecule has 0 saturated carbocycles. The molecule has 2 unspecified atom stereocenters. The molecule has 114 valence electrons. The van der Waals surface area contributed by atoms with Gasteiger partial charge in [-0.25, -0.2) is 0 Å². The summed E-state index contributed by atoms with van der Waals surface area (Å²) in [6.07, 6.45) is 1.14. The SMILES string of the molecule is CCCNC1CSCC1c1nc(C(C)(C)OCC)no1. The zero-order chi connectivity index (χ0) is 14.6. The van der Waals surface area contributed by atoms with E-state index in [1.54, 1.807) is 0 Å². The number of thioether (sulfide) groups is 1. The van der Waals surface area contributed by atoms with Crippen molar-refractivity contribution in [1.29, 1.82) is 0 Å². The number of nitrogens with one attached hydrogen (secondary N) is 1. The first-order chi connectivity index (χ1) is 9.58. The zero-order valence-corrected chi connectivity index (χ0v) is 13.6. The molecule has 0 radical (unpaired) electrons. The monoisotopic (exact) mass is 299 g/mol. The van der Waals surface area contributed by atoms with Crippen LogP contribution in [0.3, 0.4) is 0 Å². The minimum Gasteiger partial charge on any atom is -0.368 e. The predicted molar refractivity (Wildman–Crippen MR) is 81.1 cm³/mol. The van der Waals surface area contributed by atoms with Crippen molar-refractivity contribution >= 4 is 11.8 Å². The lowest BCUT2D eigenvalue weighted by Crippen LogP contribution is -2.34. The largest absolute Gasteiger partial charge is 0.368 e. The molecular formula is C14H25N3O2S. The molecule has 1 saturated heterocycles. The topological polar surface area (TPSA) is 60.2 Å². The van der Waals surface area contributed by atoms with Crippen LogP contribution in [0.25, 0.3) is 0 Å². The Morgan fingerprint density at radius 3 is 2.90 bits per heavy atom. The van der Waals surface area contributed by atoms with Gasteiger partial charge in [0.05, 0.1) is 5.92 Å². The number of nitrogens with zero attached hydrogens (tertiary/aromatic N) is 2. The second kappa shape index (κ2) is 6.91. The summed E-state index contributed by atoms with van der Waals surface area (Å²) in [5.74, 6) is 3.84. The van der Waals surface area contributed by atoms with E-state index in [9.17, 15) is 0 Å². The molecule has 0 amide bonds. The van der Waals surface area contributed by atoms with E-state index in [0.29, 0.717) is 24.4 Å². The summed E-state index contributed by atoms with van der Waals surface area (Å²) in [5, 5.41) is 7.69. The number of hydrogen-bond acceptors (Lipinski definition) is 6. The van der Waals surface area contributed by atoms with E-state index in [1.807, 2.05) is 32.5 Å². The fourth-order valence-corrected chi connectivity index (χ4v) is 3.75. The maximum atomic E-state index is 5.68. The minimum atomic E-state index is -0.491. The Kier molecular flexibility index (Phi) is 5.46. The van der Waals surface area contributed by atoms with Gasteiger partial charge in [0, 0.05) is 24.2 Å². The van der Waals surface area contributed by atoms with Crippen molar-refractivity contribution in [1.82, 2.24) is 15.5 Å². The van der Waals surface area contributed by atoms with Crippen molar-refractivity contribution in [3.63, 3.8) is 0 Å². The highest BCUT2D eigenvalue weighted by Gasteiger charge is 2.35. The van der Waals surface area contributed by atoms with E-state index in [2.05, 4.69) is 22.4 Å². The van der Waals surface area contributed by atoms with Crippen molar-refractivity contribution in [3.8, 4) is 0 Å². The molecule has 1 aliphatic heterocycles. The molecule has 5 nitrogen and oxygen atoms in total. The molecule has 2 atom stereocenters. The van der Waals surface area contributed by atoms with Crippen LogP contribution in [-0.4, -0.2) is 40.8 Å². The predicted octanol–water partition coefficient (Wildman–Crippen LogP) is 2.54. The highest BCUT2D eigenvalue weighted by Crippen LogP contribution is 2.33. The molecule has 0 aliphatic carbocycles. The molecule has 2 heterocycles. The van der Waals surface area contributed by atoms with Gasteiger partial charge in [0.1, 0.15) is 5.60 Å². The Morgan fingerprint density at radius 2 is 2.20 bits per heavy atom. The lowest BCUT2D eigenvalue weighted by Gasteiger charge is -2.20. The first kappa shape index (κ1) is 15.8. The summed E-state index contributed by atoms with van der Waals surface area (Å²) in [6.45, 7) is 9.77. The van der Waals surface area contributed by atoms with Gasteiger partial charge in [-0.15, -0.1) is 0 Å². The van der Waals surface area contributed by atoms with Crippen molar-refractivity contribution in [2.45, 2.75) is 51.7 Å². The van der Waals surface area contributed by atoms with E-state index in [1.165, 1.54) is 0 Å². The quantitative estimate of drug-likeness (QED) is 0.835. The van der Waals surface area contributed by atoms with Gasteiger partial charge >= 0.3 is 0 Å². The Labute approximate surface area is 125 Å². The maximum absolute atomic E-state index is 5.68. The van der Waals surface area contributed by atoms with Gasteiger partial charge in [-0.1, -0.05) is 12.1 Å². The standard InChI is InChI=1S/C14H25N3O2S/c1-5-7-15-11-9-20-8-10(11)12-16-13(17-19-12)14(3,4)18-6-2/h10-11,15H,5-9H2,1-4H3. The molecular weight excluding hydrogens is 274 g/mol. The molecule has 1 aromatic heterocycles. The smallest absolute Gasteiger partial charge is 0.232 e. The van der Waals surface area contributed by atoms with Crippen LogP contribution in [-0.2, 0) is 10.3 Å². The van der Waals surface area contributed by atoms with Gasteiger partial charge in [0.15, 0.2) is 0 Å². The summed E-state index contributed by atoms with van der Waals surface area (Å²) in [6, 6.07) is 0.434. The fraction of sp³-hybridized carbons (Fsp3) is 0.857. The minimum absolute atomic E-state index is 0.310. The third kappa shape index (κ3) is 3.54. The Bertz CT molecular complexity index is 422. The summed E-state index contributed by atoms with van der Waals surface area (Å²) in [4.78, 5) is 4.58. The second-order valence-corrected chi connectivity index (χ2v) is 6.68. The fourth-order valence-electron chi connectivity index (χ4n) is 2.38. The van der Waals surface area contributed by atoms with Crippen molar-refractivity contribution in [2.75, 3.05) is 24.7 Å². The Hall–Kier alpha value is -0.590. The third-order valence-corrected chi connectivity index (χ3v) is 4.73. The van der Waals surface area contributed by atoms with Gasteiger partial charge in [0.25, 0.3) is 0 Å². The van der Waals surface area contributed by atoms with Crippen LogP contribution in [0.15, 0.2) is 4.52 Å². The third-order valence-electron chi connectivity index (χ3n) is 3.54. The summed E-state index contributed by atoms with van der Waals surface area (Å²) < 4.78 is 11.2. The van der Waals surface area contributed by atoms with Gasteiger partial charge < -0.3 is 14.6 Å². The average molecular weight is 299 g/mol. The number of ether oxygens (including phenoxy) is 1. The van der Waals surface area contributed by atoms with Crippen LogP contribution in [0.1, 0.15) is 51.7 Å². The molecule has 1 N–H and O–H groups in total. The van der Waals surface area contributed by atoms with Crippen LogP contribution >= 0.6 is 11.8 Å². The molecule has 1 aromatic rings. The van der Waals surface area contributed by atoms with Crippen LogP contribution in [0.5, 0.6) is 0 Å². The van der Waals surface area contributed by atoms with Crippen LogP contribution in [0.2, 0.25) is 0 Å². The van der Waals surface area contributed by atoms with E-state index >= 15 is 0 Å². The first-order valence-corrected chi connectivity index (χ1v) is 8.53. The molecule has 6 heteroatoms. The lowest BCUT2D eigenvalue weighted by molar-refractivity contribution is -0.0221. The second-order valence-electron chi connectivity index (χ2n) is 5.60. The lowest BCUT2D eigenvalue weighted by atomic mass is 10.0. The number of aromatic nitrogens is 2. The van der Waals surface area contributed by atoms with Crippen LogP contribution in [0.4, 0.5) is 0 Å². The summed E-state index contributed by atoms with van der Waals surface area (Å²) in [7, 11) is 0. The van der Waals surface area contributed by atoms with E-state index in [4.69, 9.17) is 9.26 Å². The molecule has 0 aromatic carbocycles. The molecule has 0 spiro atoms. The van der Waals surface area contributed by atoms with Crippen molar-refractivity contribution < 1.29 is 9.26 Å². The van der Waals surface area contributed by atoms with Gasteiger partial charge in [-0.3, -0.25) is 0 Å². The molecule has 1 aliphatic rings. The van der Waals surface area contributed by atoms with E-state index in [-0.39, 0.29) is 0 Å². The highest BCUT2D eigenvalue weighted by molar-refractivity contribution is 7.99. The van der Waals surface area contributed by atoms with Crippen molar-refractivity contribution in [3.05, 3.63) is 11.7 Å². The number of rotatable bonds is 7. The van der Waals surface area contributed by atoms with E-state index in [0.717, 1.165) is 30.4 Å². The molecule has 20 heavy (non-hydrogen) atoms. The van der Waals surface area contributed by atoms with Crippen LogP contribution < -0.4 is 5.32 Å². The molecule has 1 fully saturated rings. The van der Waals surface area contributed by atoms with Crippen LogP contribution in [0, 0.1) is 0 Å². The Balaban J connectivity index is 2.07. The number of hydrogen-bond donors (Lipinski definition) is 1. The Morgan fingerprint density at radius 1 is 1.40 bits per heavy atom.